The van der Waals surface area contributed by atoms with Crippen molar-refractivity contribution in [2.24, 2.45) is 0 Å². The molecular formula is C46H80O4. The van der Waals surface area contributed by atoms with E-state index < -0.39 is 5.97 Å². The second-order valence-electron chi connectivity index (χ2n) is 14.2. The molecule has 1 N–H and O–H groups in total. The van der Waals surface area contributed by atoms with Crippen LogP contribution in [0.2, 0.25) is 0 Å². The fourth-order valence-corrected chi connectivity index (χ4v) is 6.15. The molecule has 288 valence electrons. The van der Waals surface area contributed by atoms with Crippen LogP contribution in [0, 0.1) is 0 Å². The molecule has 0 fully saturated rings. The van der Waals surface area contributed by atoms with Gasteiger partial charge in [-0.05, 0) is 83.5 Å². The van der Waals surface area contributed by atoms with Gasteiger partial charge in [0.2, 0.25) is 0 Å². The Bertz CT molecular complexity index is 881. The number of carboxylic acid groups (broad SMARTS) is 1. The second-order valence-corrected chi connectivity index (χ2v) is 14.2. The zero-order valence-electron chi connectivity index (χ0n) is 32.9. The predicted octanol–water partition coefficient (Wildman–Crippen LogP) is 14.9. The van der Waals surface area contributed by atoms with Gasteiger partial charge in [0, 0.05) is 12.8 Å². The molecular weight excluding hydrogens is 617 g/mol. The van der Waals surface area contributed by atoms with Crippen LogP contribution >= 0.6 is 0 Å². The Kier molecular flexibility index (Phi) is 39.1. The van der Waals surface area contributed by atoms with Crippen molar-refractivity contribution in [3.8, 4) is 0 Å². The van der Waals surface area contributed by atoms with Gasteiger partial charge in [0.1, 0.15) is 6.10 Å². The number of allylic oxidation sites excluding steroid dienone is 10. The Morgan fingerprint density at radius 2 is 0.840 bits per heavy atom. The van der Waals surface area contributed by atoms with Crippen molar-refractivity contribution < 1.29 is 19.4 Å². The molecule has 0 aliphatic carbocycles. The number of esters is 1. The van der Waals surface area contributed by atoms with Crippen molar-refractivity contribution in [1.29, 1.82) is 0 Å². The standard InChI is InChI=1S/C46H80O4/c1-3-5-7-9-11-12-13-14-15-16-17-18-19-20-24-27-31-35-39-43-46(49)50-44(40-36-32-28-10-8-6-4-2)41-37-33-29-25-22-21-23-26-30-34-38-42-45(47)48/h5,7,11-12,14-15,17-18,20,24,44H,3-4,6,8-10,13,16,19,21-23,25-43H2,1-2H3,(H,47,48)/b7-5-,12-11-,15-14-,18-17-,24-20-. The first-order valence-corrected chi connectivity index (χ1v) is 21.3. The van der Waals surface area contributed by atoms with Crippen LogP contribution in [0.3, 0.4) is 0 Å². The van der Waals surface area contributed by atoms with Crippen molar-refractivity contribution in [3.05, 3.63) is 60.8 Å². The lowest BCUT2D eigenvalue weighted by Gasteiger charge is -2.18. The topological polar surface area (TPSA) is 63.6 Å². The summed E-state index contributed by atoms with van der Waals surface area (Å²) in [6.07, 6.45) is 56.9. The number of hydrogen-bond donors (Lipinski definition) is 1. The van der Waals surface area contributed by atoms with E-state index in [2.05, 4.69) is 74.6 Å². The normalized spacial score (nSPS) is 12.8. The molecule has 0 heterocycles. The first-order valence-electron chi connectivity index (χ1n) is 21.3. The average Bonchev–Trinajstić information content (AvgIpc) is 3.10. The molecule has 4 heteroatoms. The molecule has 0 aromatic carbocycles. The van der Waals surface area contributed by atoms with Gasteiger partial charge in [-0.15, -0.1) is 0 Å². The van der Waals surface area contributed by atoms with Gasteiger partial charge in [-0.25, -0.2) is 0 Å². The molecule has 0 saturated heterocycles. The fourth-order valence-electron chi connectivity index (χ4n) is 6.15. The largest absolute Gasteiger partial charge is 0.481 e. The summed E-state index contributed by atoms with van der Waals surface area (Å²) in [6, 6.07) is 0. The van der Waals surface area contributed by atoms with Crippen LogP contribution in [0.1, 0.15) is 213 Å². The lowest BCUT2D eigenvalue weighted by molar-refractivity contribution is -0.150. The number of hydrogen-bond acceptors (Lipinski definition) is 3. The van der Waals surface area contributed by atoms with Crippen LogP contribution in [-0.2, 0) is 14.3 Å². The smallest absolute Gasteiger partial charge is 0.306 e. The van der Waals surface area contributed by atoms with Crippen LogP contribution in [0.4, 0.5) is 0 Å². The Hall–Kier alpha value is -2.36. The van der Waals surface area contributed by atoms with Gasteiger partial charge in [0.05, 0.1) is 0 Å². The number of ether oxygens (including phenoxy) is 1. The molecule has 0 aliphatic rings. The monoisotopic (exact) mass is 697 g/mol. The van der Waals surface area contributed by atoms with Crippen LogP contribution in [0.15, 0.2) is 60.8 Å². The molecule has 0 aliphatic heterocycles. The summed E-state index contributed by atoms with van der Waals surface area (Å²) in [6.45, 7) is 4.43. The molecule has 50 heavy (non-hydrogen) atoms. The van der Waals surface area contributed by atoms with E-state index in [4.69, 9.17) is 9.84 Å². The van der Waals surface area contributed by atoms with Crippen molar-refractivity contribution in [1.82, 2.24) is 0 Å². The zero-order chi connectivity index (χ0) is 36.4. The van der Waals surface area contributed by atoms with E-state index in [-0.39, 0.29) is 12.1 Å². The van der Waals surface area contributed by atoms with E-state index in [1.54, 1.807) is 0 Å². The van der Waals surface area contributed by atoms with Gasteiger partial charge in [-0.2, -0.15) is 0 Å². The average molecular weight is 697 g/mol. The summed E-state index contributed by atoms with van der Waals surface area (Å²) < 4.78 is 6.04. The quantitative estimate of drug-likeness (QED) is 0.0396. The fraction of sp³-hybridized carbons (Fsp3) is 0.739. The van der Waals surface area contributed by atoms with E-state index in [1.807, 2.05) is 0 Å². The molecule has 1 atom stereocenters. The van der Waals surface area contributed by atoms with Crippen molar-refractivity contribution in [2.45, 2.75) is 219 Å². The van der Waals surface area contributed by atoms with E-state index in [0.29, 0.717) is 12.8 Å². The van der Waals surface area contributed by atoms with E-state index in [9.17, 15) is 9.59 Å². The summed E-state index contributed by atoms with van der Waals surface area (Å²) >= 11 is 0. The molecule has 1 unspecified atom stereocenters. The second kappa shape index (κ2) is 41.1. The van der Waals surface area contributed by atoms with Crippen molar-refractivity contribution in [3.63, 3.8) is 0 Å². The van der Waals surface area contributed by atoms with Gasteiger partial charge < -0.3 is 9.84 Å². The molecule has 0 rings (SSSR count). The van der Waals surface area contributed by atoms with Crippen LogP contribution in [0.25, 0.3) is 0 Å². The maximum Gasteiger partial charge on any atom is 0.306 e. The third-order valence-electron chi connectivity index (χ3n) is 9.25. The van der Waals surface area contributed by atoms with Crippen LogP contribution in [0.5, 0.6) is 0 Å². The zero-order valence-corrected chi connectivity index (χ0v) is 32.9. The summed E-state index contributed by atoms with van der Waals surface area (Å²) in [5.41, 5.74) is 0. The summed E-state index contributed by atoms with van der Waals surface area (Å²) in [4.78, 5) is 23.3. The molecule has 0 bridgehead atoms. The minimum atomic E-state index is -0.674. The number of carbonyl (C=O) groups is 2. The highest BCUT2D eigenvalue weighted by Crippen LogP contribution is 2.19. The van der Waals surface area contributed by atoms with Gasteiger partial charge in [-0.3, -0.25) is 9.59 Å². The van der Waals surface area contributed by atoms with Gasteiger partial charge in [-0.1, -0.05) is 177 Å². The van der Waals surface area contributed by atoms with E-state index in [1.165, 1.54) is 89.9 Å². The molecule has 0 saturated carbocycles. The SMILES string of the molecule is CC/C=C\C/C=C\C/C=C\C/C=C\C/C=C\CCCCCC(=O)OC(CCCCCCCCC)CCCCCCCCCCCCCC(=O)O. The molecule has 0 amide bonds. The van der Waals surface area contributed by atoms with Crippen molar-refractivity contribution in [2.75, 3.05) is 0 Å². The number of rotatable bonds is 38. The maximum atomic E-state index is 12.7. The first kappa shape index (κ1) is 47.6. The highest BCUT2D eigenvalue weighted by Gasteiger charge is 2.14. The summed E-state index contributed by atoms with van der Waals surface area (Å²) in [7, 11) is 0. The molecule has 4 nitrogen and oxygen atoms in total. The summed E-state index contributed by atoms with van der Waals surface area (Å²) in [5.74, 6) is -0.664. The minimum absolute atomic E-state index is 0.00999. The van der Waals surface area contributed by atoms with Gasteiger partial charge in [0.15, 0.2) is 0 Å². The summed E-state index contributed by atoms with van der Waals surface area (Å²) in [5, 5.41) is 8.72. The Labute approximate surface area is 310 Å². The molecule has 0 aromatic rings. The van der Waals surface area contributed by atoms with Crippen LogP contribution < -0.4 is 0 Å². The Balaban J connectivity index is 4.06. The van der Waals surface area contributed by atoms with Crippen molar-refractivity contribution >= 4 is 11.9 Å². The molecule has 0 spiro atoms. The highest BCUT2D eigenvalue weighted by atomic mass is 16.5. The van der Waals surface area contributed by atoms with Crippen LogP contribution in [-0.4, -0.2) is 23.1 Å². The third-order valence-corrected chi connectivity index (χ3v) is 9.25. The molecule has 0 aromatic heterocycles. The Morgan fingerprint density at radius 3 is 1.30 bits per heavy atom. The van der Waals surface area contributed by atoms with Gasteiger partial charge >= 0.3 is 11.9 Å². The third kappa shape index (κ3) is 40.1. The van der Waals surface area contributed by atoms with E-state index in [0.717, 1.165) is 96.3 Å². The number of unbranched alkanes of at least 4 members (excludes halogenated alkanes) is 19. The number of aliphatic carboxylic acids is 1. The first-order chi connectivity index (χ1) is 24.6. The maximum absolute atomic E-state index is 12.7. The molecule has 0 radical (unpaired) electrons. The number of carbonyl (C=O) groups excluding carboxylic acids is 1. The lowest BCUT2D eigenvalue weighted by atomic mass is 10.0. The lowest BCUT2D eigenvalue weighted by Crippen LogP contribution is -2.18. The van der Waals surface area contributed by atoms with E-state index >= 15 is 0 Å². The number of carboxylic acids is 1. The predicted molar refractivity (Wildman–Crippen MR) is 218 cm³/mol. The Morgan fingerprint density at radius 1 is 0.460 bits per heavy atom. The minimum Gasteiger partial charge on any atom is -0.481 e. The van der Waals surface area contributed by atoms with Gasteiger partial charge in [0.25, 0.3) is 0 Å². The highest BCUT2D eigenvalue weighted by molar-refractivity contribution is 5.69.